The highest BCUT2D eigenvalue weighted by atomic mass is 79.9. The minimum Gasteiger partial charge on any atom is -0.493 e. The van der Waals surface area contributed by atoms with Gasteiger partial charge in [0.05, 0.1) is 12.8 Å². The van der Waals surface area contributed by atoms with Crippen LogP contribution in [0.15, 0.2) is 34.0 Å². The monoisotopic (exact) mass is 391 g/mol. The highest BCUT2D eigenvalue weighted by Crippen LogP contribution is 2.34. The zero-order valence-corrected chi connectivity index (χ0v) is 15.0. The maximum absolute atomic E-state index is 12.0. The molecule has 6 nitrogen and oxygen atoms in total. The molecule has 0 fully saturated rings. The largest absolute Gasteiger partial charge is 0.493 e. The lowest BCUT2D eigenvalue weighted by molar-refractivity contribution is 0.0950. The summed E-state index contributed by atoms with van der Waals surface area (Å²) in [6.07, 6.45) is 4.27. The third-order valence-corrected chi connectivity index (χ3v) is 4.05. The zero-order chi connectivity index (χ0) is 17.1. The first-order valence-corrected chi connectivity index (χ1v) is 8.49. The Labute approximate surface area is 148 Å². The minimum atomic E-state index is -0.319. The fourth-order valence-electron chi connectivity index (χ4n) is 2.56. The van der Waals surface area contributed by atoms with Gasteiger partial charge in [-0.25, -0.2) is 5.43 Å². The lowest BCUT2D eigenvalue weighted by atomic mass is 10.1. The molecular weight excluding hydrogens is 374 g/mol. The van der Waals surface area contributed by atoms with Crippen LogP contribution in [0.2, 0.25) is 0 Å². The Bertz CT molecular complexity index is 785. The van der Waals surface area contributed by atoms with Gasteiger partial charge in [-0.05, 0) is 48.0 Å². The molecule has 24 heavy (non-hydrogen) atoms. The van der Waals surface area contributed by atoms with Gasteiger partial charge in [-0.3, -0.25) is 4.79 Å². The number of hydrogen-bond donors (Lipinski definition) is 2. The number of carbonyl (C=O) groups is 1. The first kappa shape index (κ1) is 16.6. The fourth-order valence-corrected chi connectivity index (χ4v) is 2.90. The molecule has 2 N–H and O–H groups in total. The van der Waals surface area contributed by atoms with E-state index in [0.29, 0.717) is 12.3 Å². The first-order chi connectivity index (χ1) is 11.6. The summed E-state index contributed by atoms with van der Waals surface area (Å²) >= 11 is 3.29. The molecule has 2 aromatic rings. The van der Waals surface area contributed by atoms with E-state index in [1.807, 2.05) is 26.0 Å². The second-order valence-corrected chi connectivity index (χ2v) is 6.41. The number of benzene rings is 1. The quantitative estimate of drug-likeness (QED) is 0.606. The van der Waals surface area contributed by atoms with Crippen molar-refractivity contribution in [3.63, 3.8) is 0 Å². The summed E-state index contributed by atoms with van der Waals surface area (Å²) in [4.78, 5) is 14.8. The van der Waals surface area contributed by atoms with Crippen LogP contribution in [0.1, 0.15) is 35.5 Å². The Balaban J connectivity index is 1.76. The molecule has 1 aromatic carbocycles. The fraction of sp³-hybridized carbons (Fsp3) is 0.294. The van der Waals surface area contributed by atoms with Gasteiger partial charge in [0.15, 0.2) is 0 Å². The van der Waals surface area contributed by atoms with Crippen molar-refractivity contribution in [1.82, 2.24) is 10.4 Å². The standard InChI is InChI=1S/C17H18BrN3O3/c1-3-23-15-5-11-4-10(2)24-16(11)6-12(15)8-20-21-17(22)14-7-13(18)9-19-14/h5-10,19H,3-4H2,1-2H3,(H,21,22)/b20-8-/t10-/m0/s1. The molecule has 1 atom stereocenters. The summed E-state index contributed by atoms with van der Waals surface area (Å²) in [5.41, 5.74) is 4.80. The van der Waals surface area contributed by atoms with Gasteiger partial charge >= 0.3 is 0 Å². The SMILES string of the molecule is CCOc1cc2c(cc1/C=N\NC(=O)c1cc(Br)c[nH]1)O[C@@H](C)C2. The molecule has 1 amide bonds. The van der Waals surface area contributed by atoms with E-state index >= 15 is 0 Å². The Kier molecular flexibility index (Phi) is 4.89. The molecule has 126 valence electrons. The third-order valence-electron chi connectivity index (χ3n) is 3.59. The number of aromatic amines is 1. The zero-order valence-electron chi connectivity index (χ0n) is 13.4. The first-order valence-electron chi connectivity index (χ1n) is 7.70. The lowest BCUT2D eigenvalue weighted by Gasteiger charge is -2.09. The molecule has 0 saturated carbocycles. The van der Waals surface area contributed by atoms with Crippen molar-refractivity contribution in [3.05, 3.63) is 45.7 Å². The number of rotatable bonds is 5. The van der Waals surface area contributed by atoms with Crippen LogP contribution in [0.5, 0.6) is 11.5 Å². The summed E-state index contributed by atoms with van der Waals surface area (Å²) in [7, 11) is 0. The Morgan fingerprint density at radius 3 is 3.08 bits per heavy atom. The number of ether oxygens (including phenoxy) is 2. The van der Waals surface area contributed by atoms with E-state index in [0.717, 1.165) is 33.5 Å². The third kappa shape index (κ3) is 3.62. The second kappa shape index (κ2) is 7.09. The molecule has 0 saturated heterocycles. The van der Waals surface area contributed by atoms with Gasteiger partial charge in [-0.1, -0.05) is 0 Å². The maximum atomic E-state index is 12.0. The van der Waals surface area contributed by atoms with Crippen LogP contribution in [0, 0.1) is 0 Å². The number of hydrogen-bond acceptors (Lipinski definition) is 4. The maximum Gasteiger partial charge on any atom is 0.287 e. The van der Waals surface area contributed by atoms with E-state index < -0.39 is 0 Å². The van der Waals surface area contributed by atoms with Crippen molar-refractivity contribution in [2.24, 2.45) is 5.10 Å². The van der Waals surface area contributed by atoms with Gasteiger partial charge in [-0.15, -0.1) is 0 Å². The van der Waals surface area contributed by atoms with E-state index in [-0.39, 0.29) is 12.0 Å². The van der Waals surface area contributed by atoms with Gasteiger partial charge < -0.3 is 14.5 Å². The van der Waals surface area contributed by atoms with E-state index in [2.05, 4.69) is 31.4 Å². The molecule has 0 aliphatic carbocycles. The van der Waals surface area contributed by atoms with Crippen LogP contribution in [0.3, 0.4) is 0 Å². The Morgan fingerprint density at radius 2 is 2.38 bits per heavy atom. The van der Waals surface area contributed by atoms with Crippen molar-refractivity contribution < 1.29 is 14.3 Å². The van der Waals surface area contributed by atoms with Crippen LogP contribution in [0.25, 0.3) is 0 Å². The molecule has 2 heterocycles. The molecule has 0 unspecified atom stereocenters. The molecule has 1 aliphatic heterocycles. The summed E-state index contributed by atoms with van der Waals surface area (Å²) in [5.74, 6) is 1.25. The topological polar surface area (TPSA) is 75.7 Å². The molecule has 7 heteroatoms. The van der Waals surface area contributed by atoms with Gasteiger partial charge in [0.2, 0.25) is 0 Å². The van der Waals surface area contributed by atoms with Crippen molar-refractivity contribution in [1.29, 1.82) is 0 Å². The number of amides is 1. The number of fused-ring (bicyclic) bond motifs is 1. The van der Waals surface area contributed by atoms with Gasteiger partial charge in [-0.2, -0.15) is 5.10 Å². The van der Waals surface area contributed by atoms with Crippen molar-refractivity contribution in [3.8, 4) is 11.5 Å². The summed E-state index contributed by atoms with van der Waals surface area (Å²) < 4.78 is 12.2. The molecule has 1 aliphatic rings. The summed E-state index contributed by atoms with van der Waals surface area (Å²) in [6.45, 7) is 4.51. The minimum absolute atomic E-state index is 0.160. The van der Waals surface area contributed by atoms with E-state index in [1.54, 1.807) is 18.5 Å². The highest BCUT2D eigenvalue weighted by Gasteiger charge is 2.21. The number of nitrogens with zero attached hydrogens (tertiary/aromatic N) is 1. The van der Waals surface area contributed by atoms with Crippen molar-refractivity contribution >= 4 is 28.1 Å². The van der Waals surface area contributed by atoms with E-state index in [9.17, 15) is 4.79 Å². The van der Waals surface area contributed by atoms with Gasteiger partial charge in [0.25, 0.3) is 5.91 Å². The normalized spacial score (nSPS) is 16.0. The predicted molar refractivity (Wildman–Crippen MR) is 95.0 cm³/mol. The van der Waals surface area contributed by atoms with E-state index in [1.165, 1.54) is 0 Å². The number of nitrogens with one attached hydrogen (secondary N) is 2. The number of hydrazone groups is 1. The second-order valence-electron chi connectivity index (χ2n) is 5.49. The highest BCUT2D eigenvalue weighted by molar-refractivity contribution is 9.10. The lowest BCUT2D eigenvalue weighted by Crippen LogP contribution is -2.17. The van der Waals surface area contributed by atoms with Crippen LogP contribution in [-0.2, 0) is 6.42 Å². The number of halogens is 1. The van der Waals surface area contributed by atoms with Gasteiger partial charge in [0.1, 0.15) is 23.3 Å². The molecular formula is C17H18BrN3O3. The number of carbonyl (C=O) groups excluding carboxylic acids is 1. The Hall–Kier alpha value is -2.28. The summed E-state index contributed by atoms with van der Waals surface area (Å²) in [6, 6.07) is 5.55. The van der Waals surface area contributed by atoms with Crippen molar-refractivity contribution in [2.75, 3.05) is 6.61 Å². The van der Waals surface area contributed by atoms with Crippen LogP contribution in [0.4, 0.5) is 0 Å². The summed E-state index contributed by atoms with van der Waals surface area (Å²) in [5, 5.41) is 4.02. The number of H-pyrrole nitrogens is 1. The van der Waals surface area contributed by atoms with Crippen LogP contribution < -0.4 is 14.9 Å². The molecule has 1 aromatic heterocycles. The molecule has 3 rings (SSSR count). The molecule has 0 spiro atoms. The predicted octanol–water partition coefficient (Wildman–Crippen LogP) is 3.26. The molecule has 0 bridgehead atoms. The average Bonchev–Trinajstić information content (AvgIpc) is 3.12. The van der Waals surface area contributed by atoms with E-state index in [4.69, 9.17) is 9.47 Å². The van der Waals surface area contributed by atoms with Crippen LogP contribution in [-0.4, -0.2) is 29.8 Å². The Morgan fingerprint density at radius 1 is 1.54 bits per heavy atom. The van der Waals surface area contributed by atoms with Crippen LogP contribution >= 0.6 is 15.9 Å². The van der Waals surface area contributed by atoms with Crippen molar-refractivity contribution in [2.45, 2.75) is 26.4 Å². The smallest absolute Gasteiger partial charge is 0.287 e. The average molecular weight is 392 g/mol. The molecule has 0 radical (unpaired) electrons. The van der Waals surface area contributed by atoms with Gasteiger partial charge in [0, 0.05) is 28.2 Å². The number of aromatic nitrogens is 1.